The quantitative estimate of drug-likeness (QED) is 0.748. The smallest absolute Gasteiger partial charge is 0.0421 e. The van der Waals surface area contributed by atoms with Crippen molar-refractivity contribution < 1.29 is 0 Å². The Labute approximate surface area is 103 Å². The first-order valence-corrected chi connectivity index (χ1v) is 6.74. The fourth-order valence-corrected chi connectivity index (χ4v) is 2.32. The van der Waals surface area contributed by atoms with Gasteiger partial charge < -0.3 is 11.1 Å². The average molecular weight is 238 g/mol. The second-order valence-electron chi connectivity index (χ2n) is 4.15. The minimum Gasteiger partial charge on any atom is -0.323 e. The Morgan fingerprint density at radius 3 is 2.38 bits per heavy atom. The van der Waals surface area contributed by atoms with Crippen molar-refractivity contribution in [1.82, 2.24) is 5.32 Å². The normalized spacial score (nSPS) is 13.1. The zero-order chi connectivity index (χ0) is 12.0. The molecule has 1 atom stereocenters. The first kappa shape index (κ1) is 13.6. The van der Waals surface area contributed by atoms with Crippen LogP contribution >= 0.6 is 11.8 Å². The van der Waals surface area contributed by atoms with Gasteiger partial charge in [-0.05, 0) is 24.2 Å². The Kier molecular flexibility index (Phi) is 5.88. The lowest BCUT2D eigenvalue weighted by atomic mass is 10.1. The highest BCUT2D eigenvalue weighted by atomic mass is 32.2. The topological polar surface area (TPSA) is 38.0 Å². The van der Waals surface area contributed by atoms with E-state index in [9.17, 15) is 0 Å². The van der Waals surface area contributed by atoms with Crippen LogP contribution in [0.15, 0.2) is 29.2 Å². The lowest BCUT2D eigenvalue weighted by Crippen LogP contribution is -2.26. The third-order valence-electron chi connectivity index (χ3n) is 2.29. The molecule has 1 unspecified atom stereocenters. The SMILES string of the molecule is CCNCC(N)c1ccc(SC(C)C)cc1. The lowest BCUT2D eigenvalue weighted by Gasteiger charge is -2.13. The molecule has 0 radical (unpaired) electrons. The van der Waals surface area contributed by atoms with Crippen LogP contribution in [0.2, 0.25) is 0 Å². The van der Waals surface area contributed by atoms with Crippen LogP contribution in [0.5, 0.6) is 0 Å². The first-order chi connectivity index (χ1) is 7.63. The van der Waals surface area contributed by atoms with E-state index in [-0.39, 0.29) is 6.04 Å². The average Bonchev–Trinajstić information content (AvgIpc) is 2.26. The van der Waals surface area contributed by atoms with E-state index in [4.69, 9.17) is 5.73 Å². The van der Waals surface area contributed by atoms with Crippen LogP contribution in [0.4, 0.5) is 0 Å². The molecule has 1 aromatic carbocycles. The van der Waals surface area contributed by atoms with Crippen LogP contribution in [0.25, 0.3) is 0 Å². The van der Waals surface area contributed by atoms with Crippen molar-refractivity contribution in [2.24, 2.45) is 5.73 Å². The molecule has 0 aliphatic carbocycles. The molecule has 1 aromatic rings. The van der Waals surface area contributed by atoms with Crippen molar-refractivity contribution in [2.75, 3.05) is 13.1 Å². The summed E-state index contributed by atoms with van der Waals surface area (Å²) in [6, 6.07) is 8.68. The minimum atomic E-state index is 0.0954. The number of rotatable bonds is 6. The molecule has 3 heteroatoms. The summed E-state index contributed by atoms with van der Waals surface area (Å²) in [5, 5.41) is 3.89. The monoisotopic (exact) mass is 238 g/mol. The molecule has 0 fully saturated rings. The van der Waals surface area contributed by atoms with Gasteiger partial charge >= 0.3 is 0 Å². The van der Waals surface area contributed by atoms with Gasteiger partial charge in [0.25, 0.3) is 0 Å². The number of benzene rings is 1. The Morgan fingerprint density at radius 2 is 1.88 bits per heavy atom. The predicted molar refractivity (Wildman–Crippen MR) is 72.9 cm³/mol. The van der Waals surface area contributed by atoms with E-state index in [0.29, 0.717) is 5.25 Å². The van der Waals surface area contributed by atoms with Crippen molar-refractivity contribution in [3.05, 3.63) is 29.8 Å². The van der Waals surface area contributed by atoms with Gasteiger partial charge in [-0.25, -0.2) is 0 Å². The van der Waals surface area contributed by atoms with Gasteiger partial charge in [0.05, 0.1) is 0 Å². The second kappa shape index (κ2) is 6.94. The van der Waals surface area contributed by atoms with Crippen molar-refractivity contribution in [2.45, 2.75) is 37.0 Å². The molecule has 3 N–H and O–H groups in total. The van der Waals surface area contributed by atoms with Gasteiger partial charge in [-0.1, -0.05) is 32.9 Å². The lowest BCUT2D eigenvalue weighted by molar-refractivity contribution is 0.615. The van der Waals surface area contributed by atoms with E-state index in [1.165, 1.54) is 10.5 Å². The number of hydrogen-bond donors (Lipinski definition) is 2. The van der Waals surface area contributed by atoms with Crippen molar-refractivity contribution in [3.8, 4) is 0 Å². The largest absolute Gasteiger partial charge is 0.323 e. The summed E-state index contributed by atoms with van der Waals surface area (Å²) in [4.78, 5) is 1.31. The zero-order valence-corrected chi connectivity index (χ0v) is 11.2. The number of likely N-dealkylation sites (N-methyl/N-ethyl adjacent to an activating group) is 1. The molecule has 2 nitrogen and oxygen atoms in total. The molecule has 0 saturated carbocycles. The highest BCUT2D eigenvalue weighted by molar-refractivity contribution is 7.99. The molecule has 16 heavy (non-hydrogen) atoms. The van der Waals surface area contributed by atoms with Crippen LogP contribution < -0.4 is 11.1 Å². The summed E-state index contributed by atoms with van der Waals surface area (Å²) in [6.07, 6.45) is 0. The maximum Gasteiger partial charge on any atom is 0.0421 e. The van der Waals surface area contributed by atoms with Crippen molar-refractivity contribution in [1.29, 1.82) is 0 Å². The molecular formula is C13H22N2S. The molecule has 90 valence electrons. The van der Waals surface area contributed by atoms with Gasteiger partial charge in [0.2, 0.25) is 0 Å². The van der Waals surface area contributed by atoms with Crippen molar-refractivity contribution in [3.63, 3.8) is 0 Å². The van der Waals surface area contributed by atoms with E-state index in [1.807, 2.05) is 11.8 Å². The summed E-state index contributed by atoms with van der Waals surface area (Å²) in [6.45, 7) is 8.31. The Balaban J connectivity index is 2.56. The highest BCUT2D eigenvalue weighted by Crippen LogP contribution is 2.23. The third-order valence-corrected chi connectivity index (χ3v) is 3.31. The molecule has 0 aromatic heterocycles. The Bertz CT molecular complexity index is 295. The van der Waals surface area contributed by atoms with E-state index in [0.717, 1.165) is 13.1 Å². The minimum absolute atomic E-state index is 0.0954. The Hall–Kier alpha value is -0.510. The van der Waals surface area contributed by atoms with Crippen LogP contribution in [0.3, 0.4) is 0 Å². The van der Waals surface area contributed by atoms with Gasteiger partial charge in [-0.15, -0.1) is 11.8 Å². The molecule has 1 rings (SSSR count). The number of nitrogens with two attached hydrogens (primary N) is 1. The van der Waals surface area contributed by atoms with E-state index < -0.39 is 0 Å². The summed E-state index contributed by atoms with van der Waals surface area (Å²) in [7, 11) is 0. The standard InChI is InChI=1S/C13H22N2S/c1-4-15-9-13(14)11-5-7-12(8-6-11)16-10(2)3/h5-8,10,13,15H,4,9,14H2,1-3H3. The van der Waals surface area contributed by atoms with Crippen LogP contribution in [0, 0.1) is 0 Å². The number of nitrogens with one attached hydrogen (secondary N) is 1. The highest BCUT2D eigenvalue weighted by Gasteiger charge is 2.05. The maximum absolute atomic E-state index is 6.06. The van der Waals surface area contributed by atoms with E-state index in [1.54, 1.807) is 0 Å². The third kappa shape index (κ3) is 4.56. The second-order valence-corrected chi connectivity index (χ2v) is 5.80. The summed E-state index contributed by atoms with van der Waals surface area (Å²) >= 11 is 1.88. The summed E-state index contributed by atoms with van der Waals surface area (Å²) in [5.74, 6) is 0. The molecular weight excluding hydrogens is 216 g/mol. The fraction of sp³-hybridized carbons (Fsp3) is 0.538. The maximum atomic E-state index is 6.06. The van der Waals surface area contributed by atoms with Gasteiger partial charge in [-0.2, -0.15) is 0 Å². The first-order valence-electron chi connectivity index (χ1n) is 5.86. The van der Waals surface area contributed by atoms with Gasteiger partial charge in [0.15, 0.2) is 0 Å². The zero-order valence-electron chi connectivity index (χ0n) is 10.4. The fourth-order valence-electron chi connectivity index (χ4n) is 1.48. The number of thioether (sulfide) groups is 1. The summed E-state index contributed by atoms with van der Waals surface area (Å²) in [5.41, 5.74) is 7.27. The molecule has 0 amide bonds. The van der Waals surface area contributed by atoms with Gasteiger partial charge in [0.1, 0.15) is 0 Å². The molecule has 0 spiro atoms. The Morgan fingerprint density at radius 1 is 1.25 bits per heavy atom. The van der Waals surface area contributed by atoms with Crippen LogP contribution in [-0.4, -0.2) is 18.3 Å². The predicted octanol–water partition coefficient (Wildman–Crippen LogP) is 2.80. The van der Waals surface area contributed by atoms with Crippen molar-refractivity contribution >= 4 is 11.8 Å². The molecule has 0 aliphatic heterocycles. The van der Waals surface area contributed by atoms with E-state index >= 15 is 0 Å². The van der Waals surface area contributed by atoms with Gasteiger partial charge in [-0.3, -0.25) is 0 Å². The summed E-state index contributed by atoms with van der Waals surface area (Å²) < 4.78 is 0. The molecule has 0 saturated heterocycles. The van der Waals surface area contributed by atoms with Crippen LogP contribution in [0.1, 0.15) is 32.4 Å². The van der Waals surface area contributed by atoms with Crippen LogP contribution in [-0.2, 0) is 0 Å². The van der Waals surface area contributed by atoms with E-state index in [2.05, 4.69) is 50.4 Å². The molecule has 0 aliphatic rings. The molecule has 0 heterocycles. The molecule has 0 bridgehead atoms. The number of hydrogen-bond acceptors (Lipinski definition) is 3. The van der Waals surface area contributed by atoms with Gasteiger partial charge in [0, 0.05) is 22.7 Å².